The zero-order valence-corrected chi connectivity index (χ0v) is 22.0. The lowest BCUT2D eigenvalue weighted by Gasteiger charge is -2.21. The lowest BCUT2D eigenvalue weighted by molar-refractivity contribution is 0.0936. The number of hydrogen-bond acceptors (Lipinski definition) is 5. The third-order valence-corrected chi connectivity index (χ3v) is 6.41. The van der Waals surface area contributed by atoms with E-state index in [1.807, 2.05) is 18.2 Å². The summed E-state index contributed by atoms with van der Waals surface area (Å²) >= 11 is 0. The summed E-state index contributed by atoms with van der Waals surface area (Å²) < 4.78 is 18.1. The minimum absolute atomic E-state index is 0.119. The highest BCUT2D eigenvalue weighted by Crippen LogP contribution is 2.42. The smallest absolute Gasteiger partial charge is 0.255 e. The van der Waals surface area contributed by atoms with Crippen molar-refractivity contribution in [3.8, 4) is 28.4 Å². The lowest BCUT2D eigenvalue weighted by Crippen LogP contribution is -2.36. The molecule has 1 atom stereocenters. The van der Waals surface area contributed by atoms with Crippen LogP contribution in [0, 0.1) is 0 Å². The molecule has 1 aliphatic rings. The van der Waals surface area contributed by atoms with E-state index in [1.54, 1.807) is 7.11 Å². The van der Waals surface area contributed by atoms with Crippen LogP contribution in [0.25, 0.3) is 11.1 Å². The maximum absolute atomic E-state index is 13.4. The molecule has 35 heavy (non-hydrogen) atoms. The molecule has 0 bridgehead atoms. The molecule has 1 amide bonds. The van der Waals surface area contributed by atoms with Gasteiger partial charge in [-0.25, -0.2) is 0 Å². The fourth-order valence-corrected chi connectivity index (χ4v) is 4.18. The first kappa shape index (κ1) is 26.9. The Morgan fingerprint density at radius 3 is 2.29 bits per heavy atom. The summed E-state index contributed by atoms with van der Waals surface area (Å²) in [6.45, 7) is 11.5. The van der Waals surface area contributed by atoms with E-state index < -0.39 is 0 Å². The van der Waals surface area contributed by atoms with Crippen LogP contribution in [0.2, 0.25) is 0 Å². The molecule has 1 saturated heterocycles. The SMILES string of the molecule is CCCCOc1cc(OCCCC)c(-c2cc(C(C)C)ccc2OC)cc1C(=O)NC1CCNC1. The average molecular weight is 483 g/mol. The van der Waals surface area contributed by atoms with E-state index in [1.165, 1.54) is 5.56 Å². The molecule has 0 aromatic heterocycles. The highest BCUT2D eigenvalue weighted by atomic mass is 16.5. The van der Waals surface area contributed by atoms with Crippen molar-refractivity contribution in [3.63, 3.8) is 0 Å². The Morgan fingerprint density at radius 2 is 1.69 bits per heavy atom. The van der Waals surface area contributed by atoms with Gasteiger partial charge < -0.3 is 24.8 Å². The first-order valence-electron chi connectivity index (χ1n) is 13.1. The van der Waals surface area contributed by atoms with E-state index in [-0.39, 0.29) is 11.9 Å². The summed E-state index contributed by atoms with van der Waals surface area (Å²) in [5, 5.41) is 6.49. The number of ether oxygens (including phenoxy) is 3. The number of carbonyl (C=O) groups excluding carboxylic acids is 1. The number of nitrogens with one attached hydrogen (secondary N) is 2. The molecule has 0 spiro atoms. The van der Waals surface area contributed by atoms with Crippen molar-refractivity contribution in [1.82, 2.24) is 10.6 Å². The topological polar surface area (TPSA) is 68.8 Å². The number of amides is 1. The van der Waals surface area contributed by atoms with Crippen molar-refractivity contribution in [2.24, 2.45) is 0 Å². The van der Waals surface area contributed by atoms with E-state index in [0.29, 0.717) is 36.2 Å². The second kappa shape index (κ2) is 13.4. The third-order valence-electron chi connectivity index (χ3n) is 6.41. The standard InChI is InChI=1S/C29H42N2O4/c1-6-8-14-34-27-18-28(35-15-9-7-2)25(29(32)31-22-12-13-30-19-22)17-24(27)23-16-21(20(3)4)10-11-26(23)33-5/h10-11,16-18,20,22,30H,6-9,12-15,19H2,1-5H3,(H,31,32). The van der Waals surface area contributed by atoms with Gasteiger partial charge in [0.1, 0.15) is 17.2 Å². The Labute approximate surface area is 210 Å². The van der Waals surface area contributed by atoms with Gasteiger partial charge in [-0.05, 0) is 55.5 Å². The van der Waals surface area contributed by atoms with Crippen LogP contribution in [0.15, 0.2) is 30.3 Å². The van der Waals surface area contributed by atoms with Crippen molar-refractivity contribution >= 4 is 5.91 Å². The van der Waals surface area contributed by atoms with E-state index in [0.717, 1.165) is 62.1 Å². The van der Waals surface area contributed by atoms with Crippen molar-refractivity contribution < 1.29 is 19.0 Å². The number of methoxy groups -OCH3 is 1. The van der Waals surface area contributed by atoms with Gasteiger partial charge in [0.05, 0.1) is 25.9 Å². The van der Waals surface area contributed by atoms with Crippen LogP contribution in [-0.4, -0.2) is 45.4 Å². The predicted octanol–water partition coefficient (Wildman–Crippen LogP) is 5.94. The third kappa shape index (κ3) is 7.14. The van der Waals surface area contributed by atoms with Crippen LogP contribution in [-0.2, 0) is 0 Å². The molecule has 1 fully saturated rings. The zero-order valence-electron chi connectivity index (χ0n) is 22.0. The summed E-state index contributed by atoms with van der Waals surface area (Å²) in [4.78, 5) is 13.4. The second-order valence-corrected chi connectivity index (χ2v) is 9.53. The second-order valence-electron chi connectivity index (χ2n) is 9.53. The number of benzene rings is 2. The van der Waals surface area contributed by atoms with E-state index in [4.69, 9.17) is 14.2 Å². The molecule has 0 saturated carbocycles. The molecule has 6 nitrogen and oxygen atoms in total. The van der Waals surface area contributed by atoms with E-state index in [2.05, 4.69) is 50.5 Å². The van der Waals surface area contributed by atoms with Gasteiger partial charge in [-0.15, -0.1) is 0 Å². The molecule has 3 rings (SSSR count). The van der Waals surface area contributed by atoms with Crippen molar-refractivity contribution in [3.05, 3.63) is 41.5 Å². The largest absolute Gasteiger partial charge is 0.496 e. The lowest BCUT2D eigenvalue weighted by atomic mass is 9.94. The van der Waals surface area contributed by atoms with Gasteiger partial charge in [0.15, 0.2) is 0 Å². The first-order chi connectivity index (χ1) is 17.0. The number of rotatable bonds is 13. The van der Waals surface area contributed by atoms with E-state index >= 15 is 0 Å². The Kier molecular flexibility index (Phi) is 10.3. The minimum atomic E-state index is -0.120. The summed E-state index contributed by atoms with van der Waals surface area (Å²) in [6.07, 6.45) is 4.86. The van der Waals surface area contributed by atoms with Crippen molar-refractivity contribution in [2.75, 3.05) is 33.4 Å². The first-order valence-corrected chi connectivity index (χ1v) is 13.1. The molecule has 6 heteroatoms. The van der Waals surface area contributed by atoms with Crippen molar-refractivity contribution in [1.29, 1.82) is 0 Å². The van der Waals surface area contributed by atoms with Gasteiger partial charge in [-0.1, -0.05) is 46.6 Å². The molecule has 192 valence electrons. The van der Waals surface area contributed by atoms with Gasteiger partial charge in [-0.3, -0.25) is 4.79 Å². The average Bonchev–Trinajstić information content (AvgIpc) is 3.37. The molecule has 1 unspecified atom stereocenters. The van der Waals surface area contributed by atoms with Crippen LogP contribution in [0.3, 0.4) is 0 Å². The zero-order chi connectivity index (χ0) is 25.2. The van der Waals surface area contributed by atoms with Gasteiger partial charge in [-0.2, -0.15) is 0 Å². The molecule has 0 radical (unpaired) electrons. The Hall–Kier alpha value is -2.73. The fourth-order valence-electron chi connectivity index (χ4n) is 4.18. The molecule has 2 aromatic carbocycles. The maximum atomic E-state index is 13.4. The minimum Gasteiger partial charge on any atom is -0.496 e. The van der Waals surface area contributed by atoms with Gasteiger partial charge in [0, 0.05) is 29.8 Å². The highest BCUT2D eigenvalue weighted by Gasteiger charge is 2.24. The van der Waals surface area contributed by atoms with Crippen LogP contribution in [0.5, 0.6) is 17.2 Å². The Morgan fingerprint density at radius 1 is 1.00 bits per heavy atom. The van der Waals surface area contributed by atoms with E-state index in [9.17, 15) is 4.79 Å². The van der Waals surface area contributed by atoms with Gasteiger partial charge >= 0.3 is 0 Å². The highest BCUT2D eigenvalue weighted by molar-refractivity contribution is 5.99. The fraction of sp³-hybridized carbons (Fsp3) is 0.552. The molecule has 2 N–H and O–H groups in total. The maximum Gasteiger partial charge on any atom is 0.255 e. The summed E-state index contributed by atoms with van der Waals surface area (Å²) in [6, 6.07) is 10.2. The van der Waals surface area contributed by atoms with Crippen LogP contribution < -0.4 is 24.8 Å². The predicted molar refractivity (Wildman–Crippen MR) is 142 cm³/mol. The quantitative estimate of drug-likeness (QED) is 0.346. The monoisotopic (exact) mass is 482 g/mol. The van der Waals surface area contributed by atoms with Crippen LogP contribution >= 0.6 is 0 Å². The van der Waals surface area contributed by atoms with Crippen LogP contribution in [0.4, 0.5) is 0 Å². The molecule has 2 aromatic rings. The molecular formula is C29H42N2O4. The van der Waals surface area contributed by atoms with Crippen LogP contribution in [0.1, 0.15) is 81.6 Å². The summed E-state index contributed by atoms with van der Waals surface area (Å²) in [7, 11) is 1.68. The molecule has 1 aliphatic heterocycles. The number of unbranched alkanes of at least 4 members (excludes halogenated alkanes) is 2. The Balaban J connectivity index is 2.12. The Bertz CT molecular complexity index is 967. The number of hydrogen-bond donors (Lipinski definition) is 2. The normalized spacial score (nSPS) is 15.3. The van der Waals surface area contributed by atoms with Gasteiger partial charge in [0.2, 0.25) is 0 Å². The molecule has 1 heterocycles. The number of carbonyl (C=O) groups is 1. The van der Waals surface area contributed by atoms with Gasteiger partial charge in [0.25, 0.3) is 5.91 Å². The summed E-state index contributed by atoms with van der Waals surface area (Å²) in [5.41, 5.74) is 3.49. The summed E-state index contributed by atoms with van der Waals surface area (Å²) in [5.74, 6) is 2.27. The van der Waals surface area contributed by atoms with Crippen molar-refractivity contribution in [2.45, 2.75) is 71.8 Å². The molecular weight excluding hydrogens is 440 g/mol. The molecule has 0 aliphatic carbocycles.